The average Bonchev–Trinajstić information content (AvgIpc) is 2.57. The van der Waals surface area contributed by atoms with Gasteiger partial charge in [-0.15, -0.1) is 0 Å². The Bertz CT molecular complexity index is 394. The number of rotatable bonds is 4. The summed E-state index contributed by atoms with van der Waals surface area (Å²) >= 11 is 11.1. The SMILES string of the molecule is C1CCC(CCNC2CCOCC2)CC1.Clc1cccc(Cl)c1. The summed E-state index contributed by atoms with van der Waals surface area (Å²) in [6, 6.07) is 7.82. The highest BCUT2D eigenvalue weighted by atomic mass is 35.5. The maximum Gasteiger partial charge on any atom is 0.0480 e. The van der Waals surface area contributed by atoms with Crippen LogP contribution in [-0.2, 0) is 4.74 Å². The predicted molar refractivity (Wildman–Crippen MR) is 99.5 cm³/mol. The first kappa shape index (κ1) is 19.1. The van der Waals surface area contributed by atoms with Crippen LogP contribution in [0.2, 0.25) is 10.0 Å². The second-order valence-corrected chi connectivity index (χ2v) is 7.45. The standard InChI is InChI=1S/C13H25NO.C6H4Cl2/c1-2-4-12(5-3-1)6-9-14-13-7-10-15-11-8-13;7-5-2-1-3-6(8)4-5/h12-14H,1-11H2;1-4H. The topological polar surface area (TPSA) is 21.3 Å². The van der Waals surface area contributed by atoms with Crippen molar-refractivity contribution in [2.24, 2.45) is 5.92 Å². The van der Waals surface area contributed by atoms with Gasteiger partial charge < -0.3 is 10.1 Å². The highest BCUT2D eigenvalue weighted by molar-refractivity contribution is 6.34. The number of hydrogen-bond acceptors (Lipinski definition) is 2. The summed E-state index contributed by atoms with van der Waals surface area (Å²) in [5.74, 6) is 1.02. The van der Waals surface area contributed by atoms with E-state index < -0.39 is 0 Å². The maximum absolute atomic E-state index is 5.56. The Hall–Kier alpha value is -0.280. The van der Waals surface area contributed by atoms with Crippen molar-refractivity contribution in [2.75, 3.05) is 19.8 Å². The fraction of sp³-hybridized carbons (Fsp3) is 0.684. The lowest BCUT2D eigenvalue weighted by Crippen LogP contribution is -2.36. The van der Waals surface area contributed by atoms with E-state index in [1.165, 1.54) is 57.9 Å². The molecule has 130 valence electrons. The summed E-state index contributed by atoms with van der Waals surface area (Å²) in [4.78, 5) is 0. The lowest BCUT2D eigenvalue weighted by molar-refractivity contribution is 0.0775. The van der Waals surface area contributed by atoms with Crippen molar-refractivity contribution in [3.63, 3.8) is 0 Å². The average molecular weight is 358 g/mol. The summed E-state index contributed by atoms with van der Waals surface area (Å²) < 4.78 is 5.36. The fourth-order valence-electron chi connectivity index (χ4n) is 3.33. The van der Waals surface area contributed by atoms with Crippen molar-refractivity contribution >= 4 is 23.2 Å². The predicted octanol–water partition coefficient (Wildman–Crippen LogP) is 5.72. The zero-order valence-electron chi connectivity index (χ0n) is 13.9. The quantitative estimate of drug-likeness (QED) is 0.743. The second-order valence-electron chi connectivity index (χ2n) is 6.57. The van der Waals surface area contributed by atoms with Crippen molar-refractivity contribution in [3.05, 3.63) is 34.3 Å². The van der Waals surface area contributed by atoms with Gasteiger partial charge in [0.1, 0.15) is 0 Å². The van der Waals surface area contributed by atoms with Crippen molar-refractivity contribution in [3.8, 4) is 0 Å². The normalized spacial score (nSPS) is 19.9. The molecule has 4 heteroatoms. The molecule has 1 aromatic carbocycles. The van der Waals surface area contributed by atoms with Gasteiger partial charge in [-0.2, -0.15) is 0 Å². The summed E-state index contributed by atoms with van der Waals surface area (Å²) in [5.41, 5.74) is 0. The van der Waals surface area contributed by atoms with Crippen molar-refractivity contribution in [1.82, 2.24) is 5.32 Å². The van der Waals surface area contributed by atoms with Crippen LogP contribution in [0, 0.1) is 5.92 Å². The molecule has 1 saturated heterocycles. The molecular weight excluding hydrogens is 329 g/mol. The minimum absolute atomic E-state index is 0.678. The number of halogens is 2. The lowest BCUT2D eigenvalue weighted by Gasteiger charge is -2.26. The van der Waals surface area contributed by atoms with Crippen LogP contribution >= 0.6 is 23.2 Å². The van der Waals surface area contributed by atoms with E-state index >= 15 is 0 Å². The molecule has 0 atom stereocenters. The van der Waals surface area contributed by atoms with Crippen LogP contribution in [0.4, 0.5) is 0 Å². The Kier molecular flexibility index (Phi) is 9.36. The van der Waals surface area contributed by atoms with E-state index in [9.17, 15) is 0 Å². The molecule has 0 spiro atoms. The molecule has 0 radical (unpaired) electrons. The minimum Gasteiger partial charge on any atom is -0.381 e. The minimum atomic E-state index is 0.678. The van der Waals surface area contributed by atoms with E-state index in [1.54, 1.807) is 18.2 Å². The van der Waals surface area contributed by atoms with Gasteiger partial charge in [0.25, 0.3) is 0 Å². The van der Waals surface area contributed by atoms with E-state index in [4.69, 9.17) is 27.9 Å². The van der Waals surface area contributed by atoms with Crippen molar-refractivity contribution in [2.45, 2.75) is 57.4 Å². The highest BCUT2D eigenvalue weighted by Gasteiger charge is 2.15. The largest absolute Gasteiger partial charge is 0.381 e. The van der Waals surface area contributed by atoms with Gasteiger partial charge in [-0.3, -0.25) is 0 Å². The Morgan fingerprint density at radius 3 is 2.17 bits per heavy atom. The van der Waals surface area contributed by atoms with Gasteiger partial charge in [0, 0.05) is 29.3 Å². The molecule has 0 amide bonds. The number of hydrogen-bond donors (Lipinski definition) is 1. The molecule has 1 saturated carbocycles. The van der Waals surface area contributed by atoms with E-state index in [2.05, 4.69) is 5.32 Å². The summed E-state index contributed by atoms with van der Waals surface area (Å²) in [5, 5.41) is 5.05. The number of benzene rings is 1. The first-order valence-electron chi connectivity index (χ1n) is 8.96. The summed E-state index contributed by atoms with van der Waals surface area (Å²) in [6.45, 7) is 3.15. The van der Waals surface area contributed by atoms with Crippen LogP contribution in [0.15, 0.2) is 24.3 Å². The molecule has 0 unspecified atom stereocenters. The van der Waals surface area contributed by atoms with Gasteiger partial charge in [0.15, 0.2) is 0 Å². The molecular formula is C19H29Cl2NO. The number of nitrogens with one attached hydrogen (secondary N) is 1. The Morgan fingerprint density at radius 2 is 1.61 bits per heavy atom. The van der Waals surface area contributed by atoms with Crippen LogP contribution < -0.4 is 5.32 Å². The Labute approximate surface area is 150 Å². The molecule has 0 aromatic heterocycles. The molecule has 2 nitrogen and oxygen atoms in total. The molecule has 0 bridgehead atoms. The van der Waals surface area contributed by atoms with Crippen molar-refractivity contribution < 1.29 is 4.74 Å². The zero-order valence-corrected chi connectivity index (χ0v) is 15.4. The molecule has 1 N–H and O–H groups in total. The zero-order chi connectivity index (χ0) is 16.3. The fourth-order valence-corrected chi connectivity index (χ4v) is 3.77. The van der Waals surface area contributed by atoms with Gasteiger partial charge in [-0.1, -0.05) is 61.4 Å². The third-order valence-corrected chi connectivity index (χ3v) is 5.19. The Balaban J connectivity index is 0.000000203. The van der Waals surface area contributed by atoms with Crippen molar-refractivity contribution in [1.29, 1.82) is 0 Å². The third-order valence-electron chi connectivity index (χ3n) is 4.72. The van der Waals surface area contributed by atoms with Crippen LogP contribution in [-0.4, -0.2) is 25.8 Å². The van der Waals surface area contributed by atoms with Crippen LogP contribution in [0.5, 0.6) is 0 Å². The first-order chi connectivity index (χ1) is 11.2. The van der Waals surface area contributed by atoms with Gasteiger partial charge in [0.05, 0.1) is 0 Å². The molecule has 23 heavy (non-hydrogen) atoms. The van der Waals surface area contributed by atoms with Crippen LogP contribution in [0.3, 0.4) is 0 Å². The lowest BCUT2D eigenvalue weighted by atomic mass is 9.87. The van der Waals surface area contributed by atoms with Gasteiger partial charge in [-0.25, -0.2) is 0 Å². The monoisotopic (exact) mass is 357 g/mol. The molecule has 3 rings (SSSR count). The highest BCUT2D eigenvalue weighted by Crippen LogP contribution is 2.25. The molecule has 1 aliphatic heterocycles. The van der Waals surface area contributed by atoms with E-state index in [-0.39, 0.29) is 0 Å². The smallest absolute Gasteiger partial charge is 0.0480 e. The molecule has 2 aliphatic rings. The van der Waals surface area contributed by atoms with E-state index in [1.807, 2.05) is 6.07 Å². The Morgan fingerprint density at radius 1 is 0.957 bits per heavy atom. The van der Waals surface area contributed by atoms with Gasteiger partial charge in [0.2, 0.25) is 0 Å². The van der Waals surface area contributed by atoms with Gasteiger partial charge >= 0.3 is 0 Å². The molecule has 1 aromatic rings. The number of ether oxygens (including phenoxy) is 1. The van der Waals surface area contributed by atoms with Crippen LogP contribution in [0.25, 0.3) is 0 Å². The van der Waals surface area contributed by atoms with Gasteiger partial charge in [-0.05, 0) is 49.9 Å². The summed E-state index contributed by atoms with van der Waals surface area (Å²) in [7, 11) is 0. The third kappa shape index (κ3) is 8.39. The summed E-state index contributed by atoms with van der Waals surface area (Å²) in [6.07, 6.45) is 11.2. The van der Waals surface area contributed by atoms with E-state index in [0.717, 1.165) is 25.2 Å². The molecule has 2 fully saturated rings. The molecule has 1 heterocycles. The molecule has 1 aliphatic carbocycles. The first-order valence-corrected chi connectivity index (χ1v) is 9.72. The second kappa shape index (κ2) is 11.3. The van der Waals surface area contributed by atoms with E-state index in [0.29, 0.717) is 10.0 Å². The maximum atomic E-state index is 5.56. The van der Waals surface area contributed by atoms with Crippen LogP contribution in [0.1, 0.15) is 51.4 Å².